The van der Waals surface area contributed by atoms with Gasteiger partial charge in [-0.2, -0.15) is 5.10 Å². The van der Waals surface area contributed by atoms with E-state index >= 15 is 0 Å². The first-order valence-corrected chi connectivity index (χ1v) is 13.8. The van der Waals surface area contributed by atoms with E-state index in [0.717, 1.165) is 64.7 Å². The van der Waals surface area contributed by atoms with Crippen LogP contribution in [0.2, 0.25) is 0 Å². The van der Waals surface area contributed by atoms with Crippen molar-refractivity contribution in [1.82, 2.24) is 24.6 Å². The molecule has 1 aliphatic heterocycles. The highest BCUT2D eigenvalue weighted by atomic mass is 16.2. The van der Waals surface area contributed by atoms with Crippen LogP contribution in [0, 0.1) is 13.8 Å². The predicted molar refractivity (Wildman–Crippen MR) is 161 cm³/mol. The molecule has 0 spiro atoms. The molecule has 0 radical (unpaired) electrons. The van der Waals surface area contributed by atoms with Gasteiger partial charge in [-0.3, -0.25) is 9.59 Å². The Morgan fingerprint density at radius 3 is 2.50 bits per heavy atom. The number of hydrogen-bond acceptors (Lipinski definition) is 4. The maximum atomic E-state index is 13.4. The summed E-state index contributed by atoms with van der Waals surface area (Å²) in [5.41, 5.74) is 8.12. The van der Waals surface area contributed by atoms with Crippen LogP contribution in [-0.2, 0) is 4.79 Å². The van der Waals surface area contributed by atoms with E-state index in [9.17, 15) is 9.59 Å². The number of para-hydroxylation sites is 1. The number of rotatable bonds is 9. The van der Waals surface area contributed by atoms with Crippen molar-refractivity contribution in [2.75, 3.05) is 38.5 Å². The van der Waals surface area contributed by atoms with Crippen LogP contribution >= 0.6 is 0 Å². The molecule has 0 fully saturated rings. The molecule has 2 amide bonds. The average molecular weight is 537 g/mol. The highest BCUT2D eigenvalue weighted by molar-refractivity contribution is 6.35. The molecule has 4 aromatic rings. The zero-order valence-corrected chi connectivity index (χ0v) is 23.8. The Kier molecular flexibility index (Phi) is 7.71. The number of carbonyl (C=O) groups excluding carboxylic acids is 2. The monoisotopic (exact) mass is 536 g/mol. The summed E-state index contributed by atoms with van der Waals surface area (Å²) in [6, 6.07) is 15.9. The summed E-state index contributed by atoms with van der Waals surface area (Å²) < 4.78 is 1.84. The van der Waals surface area contributed by atoms with Crippen LogP contribution in [0.15, 0.2) is 60.9 Å². The van der Waals surface area contributed by atoms with Gasteiger partial charge in [-0.1, -0.05) is 38.1 Å². The number of aromatic nitrogens is 3. The van der Waals surface area contributed by atoms with E-state index in [-0.39, 0.29) is 11.8 Å². The summed E-state index contributed by atoms with van der Waals surface area (Å²) >= 11 is 0. The first-order chi connectivity index (χ1) is 19.3. The molecule has 0 atom stereocenters. The van der Waals surface area contributed by atoms with Gasteiger partial charge in [-0.25, -0.2) is 4.68 Å². The van der Waals surface area contributed by atoms with E-state index in [0.29, 0.717) is 17.7 Å². The molecule has 3 heterocycles. The number of fused-ring (bicyclic) bond motifs is 1. The number of aromatic amines is 1. The lowest BCUT2D eigenvalue weighted by molar-refractivity contribution is -0.110. The van der Waals surface area contributed by atoms with Crippen molar-refractivity contribution in [2.45, 2.75) is 27.7 Å². The highest BCUT2D eigenvalue weighted by Gasteiger charge is 2.27. The van der Waals surface area contributed by atoms with Gasteiger partial charge in [0.1, 0.15) is 0 Å². The van der Waals surface area contributed by atoms with Crippen molar-refractivity contribution in [3.05, 3.63) is 89.0 Å². The van der Waals surface area contributed by atoms with Gasteiger partial charge in [-0.15, -0.1) is 0 Å². The van der Waals surface area contributed by atoms with Crippen molar-refractivity contribution in [3.63, 3.8) is 0 Å². The number of H-pyrrole nitrogens is 1. The second kappa shape index (κ2) is 11.4. The van der Waals surface area contributed by atoms with Crippen LogP contribution in [0.25, 0.3) is 28.5 Å². The molecule has 8 nitrogen and oxygen atoms in total. The second-order valence-corrected chi connectivity index (χ2v) is 10.2. The molecule has 0 saturated carbocycles. The lowest BCUT2D eigenvalue weighted by Crippen LogP contribution is -2.36. The van der Waals surface area contributed by atoms with Crippen LogP contribution in [0.5, 0.6) is 0 Å². The molecule has 0 bridgehead atoms. The summed E-state index contributed by atoms with van der Waals surface area (Å²) in [7, 11) is 1.85. The van der Waals surface area contributed by atoms with Gasteiger partial charge < -0.3 is 20.1 Å². The predicted octanol–water partition coefficient (Wildman–Crippen LogP) is 5.39. The fourth-order valence-electron chi connectivity index (χ4n) is 5.21. The maximum Gasteiger partial charge on any atom is 0.256 e. The van der Waals surface area contributed by atoms with E-state index < -0.39 is 0 Å². The molecule has 0 saturated heterocycles. The van der Waals surface area contributed by atoms with Gasteiger partial charge in [0.05, 0.1) is 23.0 Å². The largest absolute Gasteiger partial charge is 0.358 e. The van der Waals surface area contributed by atoms with Gasteiger partial charge in [0, 0.05) is 54.5 Å². The Morgan fingerprint density at radius 2 is 1.77 bits per heavy atom. The van der Waals surface area contributed by atoms with Gasteiger partial charge in [0.15, 0.2) is 0 Å². The summed E-state index contributed by atoms with van der Waals surface area (Å²) in [5.74, 6) is -0.181. The molecule has 206 valence electrons. The standard InChI is InChI=1S/C32H36N6O2/c1-6-37(7-2)16-15-36(5)32(40)30-21(3)29(34-22(30)4)18-27-26-17-23(13-14-28(26)35-31(27)39)24-19-33-38(20-24)25-11-9-8-10-12-25/h8-14,17-20,34H,6-7,15-16H2,1-5H3,(H,35,39)/b27-18-. The summed E-state index contributed by atoms with van der Waals surface area (Å²) in [6.07, 6.45) is 5.67. The quantitative estimate of drug-likeness (QED) is 0.281. The first kappa shape index (κ1) is 27.1. The Hall–Kier alpha value is -4.43. The van der Waals surface area contributed by atoms with Gasteiger partial charge >= 0.3 is 0 Å². The second-order valence-electron chi connectivity index (χ2n) is 10.2. The number of nitrogens with one attached hydrogen (secondary N) is 2. The molecule has 2 aromatic carbocycles. The third kappa shape index (κ3) is 5.22. The Bertz CT molecular complexity index is 1580. The molecule has 1 aliphatic rings. The Morgan fingerprint density at radius 1 is 1.02 bits per heavy atom. The number of nitrogens with zero attached hydrogens (tertiary/aromatic N) is 4. The molecule has 2 N–H and O–H groups in total. The number of aryl methyl sites for hydroxylation is 1. The minimum Gasteiger partial charge on any atom is -0.358 e. The van der Waals surface area contributed by atoms with Gasteiger partial charge in [0.25, 0.3) is 11.8 Å². The fourth-order valence-corrected chi connectivity index (χ4v) is 5.21. The van der Waals surface area contributed by atoms with Crippen LogP contribution in [0.3, 0.4) is 0 Å². The summed E-state index contributed by atoms with van der Waals surface area (Å²) in [5, 5.41) is 7.50. The number of likely N-dealkylation sites (N-methyl/N-ethyl adjacent to an activating group) is 2. The summed E-state index contributed by atoms with van der Waals surface area (Å²) in [6.45, 7) is 11.5. The van der Waals surface area contributed by atoms with E-state index in [1.807, 2.05) is 92.6 Å². The third-order valence-electron chi connectivity index (χ3n) is 7.71. The lowest BCUT2D eigenvalue weighted by atomic mass is 9.99. The van der Waals surface area contributed by atoms with Gasteiger partial charge in [-0.05, 0) is 68.4 Å². The SMILES string of the molecule is CCN(CC)CCN(C)C(=O)c1c(C)[nH]c(/C=C2\C(=O)Nc3ccc(-c4cnn(-c5ccccc5)c4)cc32)c1C. The van der Waals surface area contributed by atoms with Crippen molar-refractivity contribution in [1.29, 1.82) is 0 Å². The van der Waals surface area contributed by atoms with Crippen LogP contribution in [0.4, 0.5) is 5.69 Å². The van der Waals surface area contributed by atoms with E-state index in [1.165, 1.54) is 0 Å². The Labute approximate surface area is 235 Å². The fraction of sp³-hybridized carbons (Fsp3) is 0.281. The number of carbonyl (C=O) groups is 2. The molecular formula is C32H36N6O2. The molecule has 0 aliphatic carbocycles. The van der Waals surface area contributed by atoms with Crippen molar-refractivity contribution < 1.29 is 9.59 Å². The zero-order chi connectivity index (χ0) is 28.4. The van der Waals surface area contributed by atoms with Crippen molar-refractivity contribution >= 4 is 29.2 Å². The topological polar surface area (TPSA) is 86.3 Å². The third-order valence-corrected chi connectivity index (χ3v) is 7.71. The van der Waals surface area contributed by atoms with Crippen LogP contribution in [-0.4, -0.2) is 69.6 Å². The number of benzene rings is 2. The lowest BCUT2D eigenvalue weighted by Gasteiger charge is -2.23. The average Bonchev–Trinajstić information content (AvgIpc) is 3.65. The van der Waals surface area contributed by atoms with Crippen LogP contribution in [0.1, 0.15) is 46.7 Å². The van der Waals surface area contributed by atoms with Crippen LogP contribution < -0.4 is 5.32 Å². The molecule has 40 heavy (non-hydrogen) atoms. The molecule has 0 unspecified atom stereocenters. The van der Waals surface area contributed by atoms with E-state index in [2.05, 4.69) is 34.1 Å². The number of amides is 2. The van der Waals surface area contributed by atoms with E-state index in [1.54, 1.807) is 4.90 Å². The summed E-state index contributed by atoms with van der Waals surface area (Å²) in [4.78, 5) is 33.8. The maximum absolute atomic E-state index is 13.4. The molecule has 2 aromatic heterocycles. The number of hydrogen-bond donors (Lipinski definition) is 2. The van der Waals surface area contributed by atoms with Gasteiger partial charge in [0.2, 0.25) is 0 Å². The molecule has 5 rings (SSSR count). The minimum absolute atomic E-state index is 0.0166. The minimum atomic E-state index is -0.164. The Balaban J connectivity index is 1.43. The normalized spacial score (nSPS) is 13.7. The van der Waals surface area contributed by atoms with Crippen molar-refractivity contribution in [2.24, 2.45) is 0 Å². The highest BCUT2D eigenvalue weighted by Crippen LogP contribution is 2.37. The van der Waals surface area contributed by atoms with Crippen molar-refractivity contribution in [3.8, 4) is 16.8 Å². The smallest absolute Gasteiger partial charge is 0.256 e. The molecular weight excluding hydrogens is 500 g/mol. The first-order valence-electron chi connectivity index (χ1n) is 13.8. The number of anilines is 1. The van der Waals surface area contributed by atoms with E-state index in [4.69, 9.17) is 0 Å². The zero-order valence-electron chi connectivity index (χ0n) is 23.8. The molecule has 8 heteroatoms.